The van der Waals surface area contributed by atoms with Crippen molar-refractivity contribution in [2.75, 3.05) is 0 Å². The van der Waals surface area contributed by atoms with E-state index in [0.717, 1.165) is 17.4 Å². The normalized spacial score (nSPS) is 11.8. The van der Waals surface area contributed by atoms with E-state index < -0.39 is 5.97 Å². The summed E-state index contributed by atoms with van der Waals surface area (Å²) in [6.45, 7) is 0. The largest absolute Gasteiger partial charge is 0.478 e. The number of carboxylic acids is 1. The summed E-state index contributed by atoms with van der Waals surface area (Å²) in [5.74, 6) is -1.12. The van der Waals surface area contributed by atoms with E-state index in [-0.39, 0.29) is 5.03 Å². The predicted molar refractivity (Wildman–Crippen MR) is 55.8 cm³/mol. The molecule has 6 heteroatoms. The highest BCUT2D eigenvalue weighted by Gasteiger charge is 2.09. The molecule has 0 aliphatic rings. The van der Waals surface area contributed by atoms with Gasteiger partial charge in [-0.05, 0) is 6.07 Å². The first-order chi connectivity index (χ1) is 6.00. The number of thiophene rings is 1. The lowest BCUT2D eigenvalue weighted by atomic mass is 10.3. The van der Waals surface area contributed by atoms with Crippen LogP contribution in [-0.4, -0.2) is 11.1 Å². The second-order valence-electron chi connectivity index (χ2n) is 2.07. The molecule has 0 fully saturated rings. The minimum absolute atomic E-state index is 0.0700. The van der Waals surface area contributed by atoms with Crippen molar-refractivity contribution < 1.29 is 9.90 Å². The maximum atomic E-state index is 10.3. The number of rotatable bonds is 2. The molecule has 0 aromatic carbocycles. The average molecular weight is 258 g/mol. The topological polar surface area (TPSA) is 37.3 Å². The summed E-state index contributed by atoms with van der Waals surface area (Å²) < 4.78 is 0.851. The van der Waals surface area contributed by atoms with Crippen LogP contribution in [0.15, 0.2) is 12.1 Å². The number of aliphatic carboxylic acids is 1. The van der Waals surface area contributed by atoms with Gasteiger partial charge in [-0.1, -0.05) is 34.8 Å². The van der Waals surface area contributed by atoms with E-state index in [2.05, 4.69) is 0 Å². The molecule has 0 saturated carbocycles. The van der Waals surface area contributed by atoms with Gasteiger partial charge in [-0.25, -0.2) is 4.79 Å². The van der Waals surface area contributed by atoms with Crippen molar-refractivity contribution in [3.05, 3.63) is 26.4 Å². The molecule has 1 N–H and O–H groups in total. The van der Waals surface area contributed by atoms with Gasteiger partial charge in [0.25, 0.3) is 0 Å². The van der Waals surface area contributed by atoms with Crippen molar-refractivity contribution in [1.82, 2.24) is 0 Å². The maximum Gasteiger partial charge on any atom is 0.329 e. The van der Waals surface area contributed by atoms with E-state index in [1.165, 1.54) is 6.07 Å². The van der Waals surface area contributed by atoms with Crippen LogP contribution >= 0.6 is 46.1 Å². The van der Waals surface area contributed by atoms with Gasteiger partial charge in [-0.2, -0.15) is 0 Å². The van der Waals surface area contributed by atoms with Gasteiger partial charge in [0.15, 0.2) is 0 Å². The van der Waals surface area contributed by atoms with Crippen LogP contribution in [0, 0.1) is 0 Å². The molecular formula is C7H3Cl3O2S. The fourth-order valence-corrected chi connectivity index (χ4v) is 2.53. The van der Waals surface area contributed by atoms with Gasteiger partial charge in [-0.15, -0.1) is 11.3 Å². The van der Waals surface area contributed by atoms with Crippen molar-refractivity contribution in [2.24, 2.45) is 0 Å². The van der Waals surface area contributed by atoms with Gasteiger partial charge in [0.1, 0.15) is 4.34 Å². The molecule has 13 heavy (non-hydrogen) atoms. The van der Waals surface area contributed by atoms with Crippen molar-refractivity contribution in [3.8, 4) is 0 Å². The second kappa shape index (κ2) is 4.33. The fraction of sp³-hybridized carbons (Fsp3) is 0. The lowest BCUT2D eigenvalue weighted by Gasteiger charge is -1.92. The number of hydrogen-bond donors (Lipinski definition) is 1. The van der Waals surface area contributed by atoms with Crippen LogP contribution in [0.2, 0.25) is 8.67 Å². The van der Waals surface area contributed by atoms with Crippen LogP contribution in [0.5, 0.6) is 0 Å². The summed E-state index contributed by atoms with van der Waals surface area (Å²) in [5.41, 5.74) is 0.445. The molecule has 1 heterocycles. The van der Waals surface area contributed by atoms with E-state index in [4.69, 9.17) is 39.9 Å². The monoisotopic (exact) mass is 256 g/mol. The summed E-state index contributed by atoms with van der Waals surface area (Å²) in [6, 6.07) is 1.52. The van der Waals surface area contributed by atoms with Crippen LogP contribution < -0.4 is 0 Å². The van der Waals surface area contributed by atoms with Crippen LogP contribution in [0.3, 0.4) is 0 Å². The molecule has 0 amide bonds. The van der Waals surface area contributed by atoms with Crippen molar-refractivity contribution in [1.29, 1.82) is 0 Å². The Balaban J connectivity index is 3.08. The Bertz CT molecular complexity index is 370. The Hall–Kier alpha value is -0.220. The number of carboxylic acid groups (broad SMARTS) is 1. The number of hydrogen-bond acceptors (Lipinski definition) is 2. The Labute approximate surface area is 93.3 Å². The van der Waals surface area contributed by atoms with Gasteiger partial charge < -0.3 is 5.11 Å². The molecule has 0 radical (unpaired) electrons. The van der Waals surface area contributed by atoms with Gasteiger partial charge in [0, 0.05) is 11.6 Å². The first kappa shape index (κ1) is 10.9. The van der Waals surface area contributed by atoms with Gasteiger partial charge in [-0.3, -0.25) is 0 Å². The Kier molecular flexibility index (Phi) is 3.62. The molecule has 0 bridgehead atoms. The minimum atomic E-state index is -1.12. The first-order valence-corrected chi connectivity index (χ1v) is 5.01. The Morgan fingerprint density at radius 2 is 2.15 bits per heavy atom. The SMILES string of the molecule is O=C(O)/C=C(/Cl)c1cc(Cl)sc1Cl. The number of halogens is 3. The van der Waals surface area contributed by atoms with Crippen LogP contribution in [0.1, 0.15) is 5.56 Å². The van der Waals surface area contributed by atoms with E-state index >= 15 is 0 Å². The third kappa shape index (κ3) is 2.88. The quantitative estimate of drug-likeness (QED) is 0.820. The van der Waals surface area contributed by atoms with Crippen molar-refractivity contribution >= 4 is 57.1 Å². The highest BCUT2D eigenvalue weighted by molar-refractivity contribution is 7.20. The molecule has 0 unspecified atom stereocenters. The first-order valence-electron chi connectivity index (χ1n) is 3.06. The van der Waals surface area contributed by atoms with Crippen LogP contribution in [0.4, 0.5) is 0 Å². The molecule has 1 aromatic rings. The predicted octanol–water partition coefficient (Wildman–Crippen LogP) is 3.72. The Morgan fingerprint density at radius 1 is 1.54 bits per heavy atom. The van der Waals surface area contributed by atoms with E-state index in [1.807, 2.05) is 0 Å². The minimum Gasteiger partial charge on any atom is -0.478 e. The summed E-state index contributed by atoms with van der Waals surface area (Å²) in [7, 11) is 0. The van der Waals surface area contributed by atoms with E-state index in [1.54, 1.807) is 0 Å². The van der Waals surface area contributed by atoms with Gasteiger partial charge in [0.2, 0.25) is 0 Å². The molecule has 0 aliphatic carbocycles. The Morgan fingerprint density at radius 3 is 2.54 bits per heavy atom. The second-order valence-corrected chi connectivity index (χ2v) is 4.76. The highest BCUT2D eigenvalue weighted by atomic mass is 35.5. The molecule has 70 valence electrons. The zero-order valence-electron chi connectivity index (χ0n) is 6.05. The van der Waals surface area contributed by atoms with E-state index in [0.29, 0.717) is 14.2 Å². The highest BCUT2D eigenvalue weighted by Crippen LogP contribution is 2.36. The zero-order valence-corrected chi connectivity index (χ0v) is 9.14. The summed E-state index contributed by atoms with van der Waals surface area (Å²) in [4.78, 5) is 10.3. The van der Waals surface area contributed by atoms with Crippen LogP contribution in [-0.2, 0) is 4.79 Å². The standard InChI is InChI=1S/C7H3Cl3O2S/c8-4(2-6(11)12)3-1-5(9)13-7(3)10/h1-2H,(H,11,12)/b4-2+. The molecule has 0 saturated heterocycles. The lowest BCUT2D eigenvalue weighted by molar-refractivity contribution is -0.131. The van der Waals surface area contributed by atoms with Gasteiger partial charge in [0.05, 0.1) is 9.37 Å². The lowest BCUT2D eigenvalue weighted by Crippen LogP contribution is -1.87. The summed E-state index contributed by atoms with van der Waals surface area (Å²) in [6.07, 6.45) is 0.867. The maximum absolute atomic E-state index is 10.3. The molecule has 2 nitrogen and oxygen atoms in total. The summed E-state index contributed by atoms with van der Waals surface area (Å²) >= 11 is 18.2. The third-order valence-electron chi connectivity index (χ3n) is 1.16. The van der Waals surface area contributed by atoms with Crippen molar-refractivity contribution in [3.63, 3.8) is 0 Å². The molecular weight excluding hydrogens is 255 g/mol. The average Bonchev–Trinajstić information content (AvgIpc) is 2.28. The van der Waals surface area contributed by atoms with Crippen molar-refractivity contribution in [2.45, 2.75) is 0 Å². The number of carbonyl (C=O) groups is 1. The molecule has 0 aliphatic heterocycles. The van der Waals surface area contributed by atoms with Gasteiger partial charge >= 0.3 is 5.97 Å². The molecule has 1 rings (SSSR count). The molecule has 0 spiro atoms. The van der Waals surface area contributed by atoms with Crippen LogP contribution in [0.25, 0.3) is 5.03 Å². The molecule has 1 aromatic heterocycles. The third-order valence-corrected chi connectivity index (χ3v) is 2.96. The smallest absolute Gasteiger partial charge is 0.329 e. The zero-order chi connectivity index (χ0) is 10.0. The van der Waals surface area contributed by atoms with E-state index in [9.17, 15) is 4.79 Å². The molecule has 0 atom stereocenters. The fourth-order valence-electron chi connectivity index (χ4n) is 0.689. The summed E-state index contributed by atoms with van der Waals surface area (Å²) in [5, 5.41) is 8.48.